The lowest BCUT2D eigenvalue weighted by molar-refractivity contribution is -0.126. The van der Waals surface area contributed by atoms with Crippen LogP contribution < -0.4 is 0 Å². The van der Waals surface area contributed by atoms with E-state index < -0.39 is 0 Å². The summed E-state index contributed by atoms with van der Waals surface area (Å²) in [4.78, 5) is 11.6. The van der Waals surface area contributed by atoms with E-state index in [0.717, 1.165) is 32.1 Å². The van der Waals surface area contributed by atoms with Crippen LogP contribution in [0.2, 0.25) is 0 Å². The fourth-order valence-electron chi connectivity index (χ4n) is 2.29. The van der Waals surface area contributed by atoms with Gasteiger partial charge in [0.05, 0.1) is 0 Å². The van der Waals surface area contributed by atoms with E-state index in [1.165, 1.54) is 11.1 Å². The molecule has 0 radical (unpaired) electrons. The minimum absolute atomic E-state index is 0.0882. The van der Waals surface area contributed by atoms with Crippen LogP contribution in [-0.4, -0.2) is 5.78 Å². The number of carbonyl (C=O) groups is 1. The summed E-state index contributed by atoms with van der Waals surface area (Å²) in [6.07, 6.45) is 9.91. The van der Waals surface area contributed by atoms with Gasteiger partial charge in [-0.15, -0.1) is 0 Å². The molecule has 0 bridgehead atoms. The van der Waals surface area contributed by atoms with Gasteiger partial charge in [0.1, 0.15) is 5.78 Å². The second-order valence-electron chi connectivity index (χ2n) is 5.51. The van der Waals surface area contributed by atoms with E-state index in [1.54, 1.807) is 6.92 Å². The van der Waals surface area contributed by atoms with Crippen molar-refractivity contribution in [2.45, 2.75) is 59.8 Å². The molecule has 0 fully saturated rings. The average molecular weight is 220 g/mol. The van der Waals surface area contributed by atoms with Gasteiger partial charge in [-0.1, -0.05) is 30.2 Å². The Balaban J connectivity index is 2.54. The number of allylic oxidation sites excluding steroid dienone is 4. The summed E-state index contributed by atoms with van der Waals surface area (Å²) >= 11 is 0. The minimum atomic E-state index is -0.0882. The van der Waals surface area contributed by atoms with Crippen molar-refractivity contribution in [1.29, 1.82) is 0 Å². The summed E-state index contributed by atoms with van der Waals surface area (Å²) in [7, 11) is 0. The molecule has 0 saturated carbocycles. The van der Waals surface area contributed by atoms with E-state index in [0.29, 0.717) is 5.78 Å². The molecule has 0 amide bonds. The zero-order valence-electron chi connectivity index (χ0n) is 11.1. The van der Waals surface area contributed by atoms with Gasteiger partial charge < -0.3 is 0 Å². The quantitative estimate of drug-likeness (QED) is 0.640. The van der Waals surface area contributed by atoms with Gasteiger partial charge in [0, 0.05) is 5.41 Å². The molecule has 0 saturated heterocycles. The first-order chi connectivity index (χ1) is 7.44. The molecule has 0 aromatic rings. The summed E-state index contributed by atoms with van der Waals surface area (Å²) in [5, 5.41) is 0. The van der Waals surface area contributed by atoms with Crippen LogP contribution in [0.1, 0.15) is 59.8 Å². The highest BCUT2D eigenvalue weighted by atomic mass is 16.1. The number of Topliss-reactive ketones (excluding diaryl/α,β-unsaturated/α-hetero) is 1. The first-order valence-electron chi connectivity index (χ1n) is 6.26. The molecule has 0 aromatic carbocycles. The molecule has 16 heavy (non-hydrogen) atoms. The van der Waals surface area contributed by atoms with E-state index in [4.69, 9.17) is 0 Å². The van der Waals surface area contributed by atoms with Crippen molar-refractivity contribution in [3.8, 4) is 0 Å². The lowest BCUT2D eigenvalue weighted by atomic mass is 9.72. The highest BCUT2D eigenvalue weighted by Crippen LogP contribution is 2.38. The van der Waals surface area contributed by atoms with Gasteiger partial charge >= 0.3 is 0 Å². The van der Waals surface area contributed by atoms with Crippen molar-refractivity contribution in [2.75, 3.05) is 0 Å². The van der Waals surface area contributed by atoms with Crippen LogP contribution in [0.25, 0.3) is 0 Å². The topological polar surface area (TPSA) is 17.1 Å². The van der Waals surface area contributed by atoms with E-state index in [-0.39, 0.29) is 5.41 Å². The second kappa shape index (κ2) is 5.47. The largest absolute Gasteiger partial charge is 0.299 e. The van der Waals surface area contributed by atoms with Crippen molar-refractivity contribution < 1.29 is 4.79 Å². The van der Waals surface area contributed by atoms with Gasteiger partial charge in [-0.3, -0.25) is 4.79 Å². The zero-order valence-corrected chi connectivity index (χ0v) is 11.1. The predicted octanol–water partition coefficient (Wildman–Crippen LogP) is 4.44. The minimum Gasteiger partial charge on any atom is -0.299 e. The van der Waals surface area contributed by atoms with Crippen LogP contribution in [0.5, 0.6) is 0 Å². The van der Waals surface area contributed by atoms with Crippen molar-refractivity contribution in [3.05, 3.63) is 23.3 Å². The van der Waals surface area contributed by atoms with Crippen LogP contribution >= 0.6 is 0 Å². The lowest BCUT2D eigenvalue weighted by Gasteiger charge is -2.31. The van der Waals surface area contributed by atoms with E-state index in [2.05, 4.69) is 32.9 Å². The summed E-state index contributed by atoms with van der Waals surface area (Å²) in [6.45, 7) is 8.12. The SMILES string of the molecule is CC(=O)C1(C)CCC=C(CCC=C(C)C)C1. The summed E-state index contributed by atoms with van der Waals surface area (Å²) in [6, 6.07) is 0. The number of rotatable bonds is 4. The molecule has 0 aliphatic heterocycles. The Bertz CT molecular complexity index is 318. The van der Waals surface area contributed by atoms with Crippen molar-refractivity contribution in [2.24, 2.45) is 5.41 Å². The molecule has 1 heteroatoms. The third-order valence-electron chi connectivity index (χ3n) is 3.61. The number of hydrogen-bond acceptors (Lipinski definition) is 1. The fraction of sp³-hybridized carbons (Fsp3) is 0.667. The van der Waals surface area contributed by atoms with Crippen molar-refractivity contribution >= 4 is 5.78 Å². The van der Waals surface area contributed by atoms with Crippen LogP contribution in [-0.2, 0) is 4.79 Å². The maximum Gasteiger partial charge on any atom is 0.136 e. The highest BCUT2D eigenvalue weighted by Gasteiger charge is 2.32. The van der Waals surface area contributed by atoms with Crippen molar-refractivity contribution in [1.82, 2.24) is 0 Å². The second-order valence-corrected chi connectivity index (χ2v) is 5.51. The molecule has 0 aromatic heterocycles. The first kappa shape index (κ1) is 13.2. The number of carbonyl (C=O) groups excluding carboxylic acids is 1. The molecule has 0 spiro atoms. The molecule has 90 valence electrons. The molecule has 0 N–H and O–H groups in total. The lowest BCUT2D eigenvalue weighted by Crippen LogP contribution is -2.28. The van der Waals surface area contributed by atoms with Crippen LogP contribution in [0.4, 0.5) is 0 Å². The van der Waals surface area contributed by atoms with Crippen LogP contribution in [0.15, 0.2) is 23.3 Å². The smallest absolute Gasteiger partial charge is 0.136 e. The molecule has 1 aliphatic carbocycles. The van der Waals surface area contributed by atoms with Crippen LogP contribution in [0, 0.1) is 5.41 Å². The Labute approximate surface area is 99.6 Å². The summed E-state index contributed by atoms with van der Waals surface area (Å²) in [5.74, 6) is 0.348. The maximum atomic E-state index is 11.6. The van der Waals surface area contributed by atoms with Crippen molar-refractivity contribution in [3.63, 3.8) is 0 Å². The molecule has 1 unspecified atom stereocenters. The average Bonchev–Trinajstić information content (AvgIpc) is 2.17. The Kier molecular flexibility index (Phi) is 4.52. The Morgan fingerprint density at radius 1 is 1.44 bits per heavy atom. The standard InChI is InChI=1S/C15H24O/c1-12(2)7-5-8-14-9-6-10-15(4,11-14)13(3)16/h7,9H,5-6,8,10-11H2,1-4H3. The molecule has 0 heterocycles. The first-order valence-corrected chi connectivity index (χ1v) is 6.26. The van der Waals surface area contributed by atoms with Gasteiger partial charge in [-0.05, 0) is 52.9 Å². The third kappa shape index (κ3) is 3.62. The van der Waals surface area contributed by atoms with E-state index in [9.17, 15) is 4.79 Å². The monoisotopic (exact) mass is 220 g/mol. The zero-order chi connectivity index (χ0) is 12.2. The Morgan fingerprint density at radius 2 is 2.12 bits per heavy atom. The van der Waals surface area contributed by atoms with Gasteiger partial charge in [-0.2, -0.15) is 0 Å². The third-order valence-corrected chi connectivity index (χ3v) is 3.61. The maximum absolute atomic E-state index is 11.6. The number of hydrogen-bond donors (Lipinski definition) is 0. The van der Waals surface area contributed by atoms with E-state index in [1.807, 2.05) is 0 Å². The summed E-state index contributed by atoms with van der Waals surface area (Å²) in [5.41, 5.74) is 2.77. The summed E-state index contributed by atoms with van der Waals surface area (Å²) < 4.78 is 0. The Hall–Kier alpha value is -0.850. The number of ketones is 1. The van der Waals surface area contributed by atoms with Gasteiger partial charge in [0.25, 0.3) is 0 Å². The highest BCUT2D eigenvalue weighted by molar-refractivity contribution is 5.82. The predicted molar refractivity (Wildman–Crippen MR) is 69.4 cm³/mol. The molecule has 1 atom stereocenters. The molecule has 1 aliphatic rings. The fourth-order valence-corrected chi connectivity index (χ4v) is 2.29. The molecular formula is C15H24O. The molecular weight excluding hydrogens is 196 g/mol. The van der Waals surface area contributed by atoms with Gasteiger partial charge in [-0.25, -0.2) is 0 Å². The van der Waals surface area contributed by atoms with Gasteiger partial charge in [0.2, 0.25) is 0 Å². The molecule has 1 nitrogen and oxygen atoms in total. The van der Waals surface area contributed by atoms with E-state index >= 15 is 0 Å². The van der Waals surface area contributed by atoms with Gasteiger partial charge in [0.15, 0.2) is 0 Å². The van der Waals surface area contributed by atoms with Crippen LogP contribution in [0.3, 0.4) is 0 Å². The Morgan fingerprint density at radius 3 is 2.69 bits per heavy atom. The normalized spacial score (nSPS) is 24.9. The molecule has 1 rings (SSSR count).